The second-order valence-electron chi connectivity index (χ2n) is 5.65. The maximum atomic E-state index is 4.63. The molecule has 6 nitrogen and oxygen atoms in total. The molecule has 0 aliphatic rings. The molecule has 0 unspecified atom stereocenters. The van der Waals surface area contributed by atoms with Gasteiger partial charge in [-0.15, -0.1) is 10.2 Å². The number of H-pyrrole nitrogens is 1. The maximum Gasteiger partial charge on any atom is 0.235 e. The van der Waals surface area contributed by atoms with E-state index in [2.05, 4.69) is 52.3 Å². The Labute approximate surface area is 137 Å². The van der Waals surface area contributed by atoms with Crippen molar-refractivity contribution in [1.82, 2.24) is 30.0 Å². The fourth-order valence-electron chi connectivity index (χ4n) is 2.17. The Morgan fingerprint density at radius 1 is 1.36 bits per heavy atom. The summed E-state index contributed by atoms with van der Waals surface area (Å²) in [6.07, 6.45) is 2.16. The van der Waals surface area contributed by atoms with Crippen LogP contribution in [0.4, 0.5) is 0 Å². The summed E-state index contributed by atoms with van der Waals surface area (Å²) in [5.41, 5.74) is 2.04. The highest BCUT2D eigenvalue weighted by molar-refractivity contribution is 7.98. The van der Waals surface area contributed by atoms with Gasteiger partial charge in [-0.2, -0.15) is 26.5 Å². The minimum absolute atomic E-state index is 0.605. The van der Waals surface area contributed by atoms with Crippen molar-refractivity contribution in [2.24, 2.45) is 5.92 Å². The summed E-state index contributed by atoms with van der Waals surface area (Å²) in [7, 11) is 0. The summed E-state index contributed by atoms with van der Waals surface area (Å²) in [5, 5.41) is 21.4. The van der Waals surface area contributed by atoms with E-state index in [0.717, 1.165) is 45.1 Å². The first kappa shape index (κ1) is 15.5. The van der Waals surface area contributed by atoms with Gasteiger partial charge in [-0.3, -0.25) is 5.10 Å². The van der Waals surface area contributed by atoms with Crippen LogP contribution in [0.3, 0.4) is 0 Å². The molecule has 0 aliphatic carbocycles. The molecule has 0 aliphatic heterocycles. The topological polar surface area (TPSA) is 71.8 Å². The molecule has 118 valence electrons. The predicted molar refractivity (Wildman–Crippen MR) is 91.2 cm³/mol. The molecular formula is C14H20N6S2. The van der Waals surface area contributed by atoms with E-state index in [9.17, 15) is 0 Å². The van der Waals surface area contributed by atoms with E-state index in [1.165, 1.54) is 17.8 Å². The quantitative estimate of drug-likeness (QED) is 0.669. The normalized spacial score (nSPS) is 11.8. The summed E-state index contributed by atoms with van der Waals surface area (Å²) in [5.74, 6) is 3.49. The third-order valence-electron chi connectivity index (χ3n) is 3.11. The van der Waals surface area contributed by atoms with Crippen molar-refractivity contribution < 1.29 is 0 Å². The standard InChI is InChI=1S/C14H20N6S2/c1-4-5-21-8-12-17-18-14-20(12)19-13(22-14)11-7-10(15-16-11)6-9(2)3/h7,9H,4-6,8H2,1-3H3,(H,15,16). The molecule has 3 aromatic heterocycles. The van der Waals surface area contributed by atoms with E-state index >= 15 is 0 Å². The van der Waals surface area contributed by atoms with Gasteiger partial charge in [0.2, 0.25) is 4.96 Å². The summed E-state index contributed by atoms with van der Waals surface area (Å²) in [6.45, 7) is 6.58. The third-order valence-corrected chi connectivity index (χ3v) is 5.19. The molecule has 22 heavy (non-hydrogen) atoms. The van der Waals surface area contributed by atoms with Crippen LogP contribution in [0, 0.1) is 5.92 Å². The average Bonchev–Trinajstić information content (AvgIpc) is 3.14. The van der Waals surface area contributed by atoms with Crippen LogP contribution in [0.15, 0.2) is 6.07 Å². The van der Waals surface area contributed by atoms with Gasteiger partial charge in [0.15, 0.2) is 10.8 Å². The lowest BCUT2D eigenvalue weighted by molar-refractivity contribution is 0.633. The number of fused-ring (bicyclic) bond motifs is 1. The monoisotopic (exact) mass is 336 g/mol. The Morgan fingerprint density at radius 2 is 2.23 bits per heavy atom. The zero-order valence-corrected chi connectivity index (χ0v) is 14.7. The number of aromatic amines is 1. The van der Waals surface area contributed by atoms with Gasteiger partial charge in [0.25, 0.3) is 0 Å². The van der Waals surface area contributed by atoms with Crippen molar-refractivity contribution in [2.75, 3.05) is 5.75 Å². The Hall–Kier alpha value is -1.41. The lowest BCUT2D eigenvalue weighted by Gasteiger charge is -1.98. The molecule has 8 heteroatoms. The van der Waals surface area contributed by atoms with E-state index in [-0.39, 0.29) is 0 Å². The highest BCUT2D eigenvalue weighted by Crippen LogP contribution is 2.25. The Morgan fingerprint density at radius 3 is 3.00 bits per heavy atom. The molecule has 3 rings (SSSR count). The van der Waals surface area contributed by atoms with Crippen molar-refractivity contribution in [3.8, 4) is 10.7 Å². The predicted octanol–water partition coefficient (Wildman–Crippen LogP) is 3.42. The minimum Gasteiger partial charge on any atom is -0.282 e. The number of aromatic nitrogens is 6. The summed E-state index contributed by atoms with van der Waals surface area (Å²) < 4.78 is 1.85. The van der Waals surface area contributed by atoms with E-state index in [0.29, 0.717) is 5.92 Å². The van der Waals surface area contributed by atoms with Crippen LogP contribution in [0.1, 0.15) is 38.7 Å². The number of rotatable bonds is 7. The average molecular weight is 336 g/mol. The SMILES string of the molecule is CCCSCc1nnc2sc(-c3cc(CC(C)C)[nH]n3)nn12. The fraction of sp³-hybridized carbons (Fsp3) is 0.571. The Bertz CT molecular complexity index is 742. The third kappa shape index (κ3) is 3.33. The van der Waals surface area contributed by atoms with Crippen LogP contribution < -0.4 is 0 Å². The molecule has 0 bridgehead atoms. The van der Waals surface area contributed by atoms with E-state index < -0.39 is 0 Å². The minimum atomic E-state index is 0.605. The number of nitrogens with zero attached hydrogens (tertiary/aromatic N) is 5. The van der Waals surface area contributed by atoms with Gasteiger partial charge in [-0.05, 0) is 30.6 Å². The second-order valence-corrected chi connectivity index (χ2v) is 7.71. The van der Waals surface area contributed by atoms with Crippen molar-refractivity contribution in [1.29, 1.82) is 0 Å². The molecule has 3 aromatic rings. The van der Waals surface area contributed by atoms with Crippen LogP contribution in [-0.2, 0) is 12.2 Å². The summed E-state index contributed by atoms with van der Waals surface area (Å²) in [4.78, 5) is 0.829. The first-order chi connectivity index (χ1) is 10.7. The van der Waals surface area contributed by atoms with Gasteiger partial charge in [-0.25, -0.2) is 0 Å². The first-order valence-electron chi connectivity index (χ1n) is 7.51. The van der Waals surface area contributed by atoms with Crippen LogP contribution in [0.25, 0.3) is 15.7 Å². The zero-order valence-electron chi connectivity index (χ0n) is 13.0. The molecule has 0 aromatic carbocycles. The first-order valence-corrected chi connectivity index (χ1v) is 9.48. The number of hydrogen-bond acceptors (Lipinski definition) is 6. The van der Waals surface area contributed by atoms with Gasteiger partial charge >= 0.3 is 0 Å². The van der Waals surface area contributed by atoms with Gasteiger partial charge in [0.05, 0.1) is 5.75 Å². The number of hydrogen-bond donors (Lipinski definition) is 1. The van der Waals surface area contributed by atoms with Crippen LogP contribution in [-0.4, -0.2) is 35.8 Å². The van der Waals surface area contributed by atoms with Crippen LogP contribution >= 0.6 is 23.1 Å². The highest BCUT2D eigenvalue weighted by Gasteiger charge is 2.15. The largest absolute Gasteiger partial charge is 0.282 e. The number of thioether (sulfide) groups is 1. The summed E-state index contributed by atoms with van der Waals surface area (Å²) >= 11 is 3.39. The lowest BCUT2D eigenvalue weighted by Crippen LogP contribution is -1.94. The molecule has 3 heterocycles. The zero-order chi connectivity index (χ0) is 15.5. The smallest absolute Gasteiger partial charge is 0.235 e. The van der Waals surface area contributed by atoms with Crippen LogP contribution in [0.2, 0.25) is 0 Å². The van der Waals surface area contributed by atoms with E-state index in [1.807, 2.05) is 16.3 Å². The van der Waals surface area contributed by atoms with Crippen molar-refractivity contribution in [3.05, 3.63) is 17.6 Å². The lowest BCUT2D eigenvalue weighted by atomic mass is 10.1. The Balaban J connectivity index is 1.81. The van der Waals surface area contributed by atoms with Gasteiger partial charge in [0.1, 0.15) is 5.69 Å². The molecule has 0 radical (unpaired) electrons. The van der Waals surface area contributed by atoms with Crippen molar-refractivity contribution in [2.45, 2.75) is 39.4 Å². The summed E-state index contributed by atoms with van der Waals surface area (Å²) in [6, 6.07) is 2.08. The van der Waals surface area contributed by atoms with E-state index in [4.69, 9.17) is 0 Å². The Kier molecular flexibility index (Phi) is 4.77. The molecule has 0 saturated carbocycles. The van der Waals surface area contributed by atoms with E-state index in [1.54, 1.807) is 0 Å². The molecule has 0 amide bonds. The van der Waals surface area contributed by atoms with Crippen molar-refractivity contribution in [3.63, 3.8) is 0 Å². The van der Waals surface area contributed by atoms with Crippen molar-refractivity contribution >= 4 is 28.1 Å². The molecule has 0 spiro atoms. The fourth-order valence-corrected chi connectivity index (χ4v) is 3.79. The molecule has 1 N–H and O–H groups in total. The molecule has 0 atom stereocenters. The second kappa shape index (κ2) is 6.78. The molecule has 0 saturated heterocycles. The highest BCUT2D eigenvalue weighted by atomic mass is 32.2. The number of nitrogens with one attached hydrogen (secondary N) is 1. The molecular weight excluding hydrogens is 316 g/mol. The maximum absolute atomic E-state index is 4.63. The van der Waals surface area contributed by atoms with Crippen LogP contribution in [0.5, 0.6) is 0 Å². The molecule has 0 fully saturated rings. The van der Waals surface area contributed by atoms with Gasteiger partial charge in [0, 0.05) is 5.69 Å². The van der Waals surface area contributed by atoms with Gasteiger partial charge < -0.3 is 0 Å². The van der Waals surface area contributed by atoms with Gasteiger partial charge in [-0.1, -0.05) is 32.1 Å².